The van der Waals surface area contributed by atoms with Crippen LogP contribution in [0.5, 0.6) is 0 Å². The van der Waals surface area contributed by atoms with Gasteiger partial charge in [0, 0.05) is 24.7 Å². The molecule has 0 aliphatic carbocycles. The molecule has 1 aromatic rings. The molecule has 5 nitrogen and oxygen atoms in total. The maximum Gasteiger partial charge on any atom is 0.252 e. The number of aryl methyl sites for hydroxylation is 1. The molecule has 1 amide bonds. The first-order valence-electron chi connectivity index (χ1n) is 4.81. The Bertz CT molecular complexity index is 414. The lowest BCUT2D eigenvalue weighted by molar-refractivity contribution is -0.112. The Labute approximate surface area is 87.5 Å². The van der Waals surface area contributed by atoms with Gasteiger partial charge in [0.05, 0.1) is 0 Å². The van der Waals surface area contributed by atoms with Crippen molar-refractivity contribution < 1.29 is 9.32 Å². The summed E-state index contributed by atoms with van der Waals surface area (Å²) in [5.74, 6) is 1.03. The van der Waals surface area contributed by atoms with Crippen LogP contribution in [0.1, 0.15) is 12.7 Å². The molecule has 2 N–H and O–H groups in total. The minimum absolute atomic E-state index is 0.111. The standard InChI is InChI=1S/C10H13N3O2/c1-6-3-9(13-15-6)12-10(14)7(2)8-4-11-5-8/h3,11H,4-5H2,1-2H3,(H,12,13,14). The van der Waals surface area contributed by atoms with Crippen molar-refractivity contribution in [2.75, 3.05) is 18.4 Å². The van der Waals surface area contributed by atoms with Gasteiger partial charge in [0.2, 0.25) is 0 Å². The summed E-state index contributed by atoms with van der Waals surface area (Å²) >= 11 is 0. The van der Waals surface area contributed by atoms with Gasteiger partial charge in [-0.25, -0.2) is 0 Å². The first-order valence-corrected chi connectivity index (χ1v) is 4.81. The van der Waals surface area contributed by atoms with E-state index in [1.807, 2.05) is 6.92 Å². The van der Waals surface area contributed by atoms with Crippen LogP contribution in [0.15, 0.2) is 21.7 Å². The molecule has 0 saturated carbocycles. The molecule has 0 radical (unpaired) electrons. The maximum absolute atomic E-state index is 11.7. The number of hydrogen-bond acceptors (Lipinski definition) is 4. The van der Waals surface area contributed by atoms with Gasteiger partial charge in [0.1, 0.15) is 5.76 Å². The Morgan fingerprint density at radius 3 is 2.80 bits per heavy atom. The van der Waals surface area contributed by atoms with Crippen LogP contribution in [0.2, 0.25) is 0 Å². The van der Waals surface area contributed by atoms with Gasteiger partial charge in [0.25, 0.3) is 5.91 Å². The van der Waals surface area contributed by atoms with Gasteiger partial charge >= 0.3 is 0 Å². The predicted molar refractivity (Wildman–Crippen MR) is 55.4 cm³/mol. The first-order chi connectivity index (χ1) is 7.16. The van der Waals surface area contributed by atoms with E-state index in [0.29, 0.717) is 11.6 Å². The van der Waals surface area contributed by atoms with Crippen molar-refractivity contribution in [3.05, 3.63) is 23.0 Å². The predicted octanol–water partition coefficient (Wildman–Crippen LogP) is 0.841. The van der Waals surface area contributed by atoms with Crippen LogP contribution in [0.25, 0.3) is 0 Å². The highest BCUT2D eigenvalue weighted by atomic mass is 16.5. The largest absolute Gasteiger partial charge is 0.360 e. The van der Waals surface area contributed by atoms with Crippen molar-refractivity contribution in [1.29, 1.82) is 0 Å². The number of carbonyl (C=O) groups excluding carboxylic acids is 1. The molecule has 0 aromatic carbocycles. The summed E-state index contributed by atoms with van der Waals surface area (Å²) in [6.45, 7) is 5.20. The van der Waals surface area contributed by atoms with Crippen LogP contribution >= 0.6 is 0 Å². The van der Waals surface area contributed by atoms with E-state index in [4.69, 9.17) is 4.52 Å². The minimum atomic E-state index is -0.111. The number of anilines is 1. The molecule has 1 aliphatic heterocycles. The van der Waals surface area contributed by atoms with Crippen LogP contribution in [-0.4, -0.2) is 24.2 Å². The fourth-order valence-corrected chi connectivity index (χ4v) is 1.31. The summed E-state index contributed by atoms with van der Waals surface area (Å²) in [5, 5.41) is 9.47. The van der Waals surface area contributed by atoms with E-state index in [-0.39, 0.29) is 5.91 Å². The number of nitrogens with zero attached hydrogens (tertiary/aromatic N) is 1. The number of carbonyl (C=O) groups is 1. The fourth-order valence-electron chi connectivity index (χ4n) is 1.31. The zero-order valence-corrected chi connectivity index (χ0v) is 8.76. The van der Waals surface area contributed by atoms with Crippen LogP contribution in [0.3, 0.4) is 0 Å². The summed E-state index contributed by atoms with van der Waals surface area (Å²) in [6, 6.07) is 1.69. The third kappa shape index (κ3) is 2.07. The fraction of sp³-hybridized carbons (Fsp3) is 0.400. The summed E-state index contributed by atoms with van der Waals surface area (Å²) < 4.78 is 4.85. The lowest BCUT2D eigenvalue weighted by atomic mass is 10.0. The lowest BCUT2D eigenvalue weighted by Gasteiger charge is -2.21. The topological polar surface area (TPSA) is 67.2 Å². The van der Waals surface area contributed by atoms with E-state index in [2.05, 4.69) is 15.8 Å². The average molecular weight is 207 g/mol. The summed E-state index contributed by atoms with van der Waals surface area (Å²) in [6.07, 6.45) is 0. The molecule has 15 heavy (non-hydrogen) atoms. The van der Waals surface area contributed by atoms with Crippen LogP contribution in [0, 0.1) is 6.92 Å². The van der Waals surface area contributed by atoms with E-state index in [9.17, 15) is 4.79 Å². The molecule has 1 aliphatic rings. The first kappa shape index (κ1) is 9.92. The van der Waals surface area contributed by atoms with Crippen molar-refractivity contribution in [2.45, 2.75) is 13.8 Å². The number of rotatable bonds is 2. The number of amides is 1. The van der Waals surface area contributed by atoms with Gasteiger partial charge in [-0.15, -0.1) is 0 Å². The van der Waals surface area contributed by atoms with Crippen LogP contribution < -0.4 is 10.6 Å². The maximum atomic E-state index is 11.7. The molecule has 80 valence electrons. The Kier molecular flexibility index (Phi) is 2.55. The van der Waals surface area contributed by atoms with Crippen molar-refractivity contribution >= 4 is 11.7 Å². The third-order valence-corrected chi connectivity index (χ3v) is 2.42. The Hall–Kier alpha value is -1.62. The van der Waals surface area contributed by atoms with Gasteiger partial charge in [-0.2, -0.15) is 0 Å². The van der Waals surface area contributed by atoms with E-state index >= 15 is 0 Å². The van der Waals surface area contributed by atoms with Gasteiger partial charge < -0.3 is 15.2 Å². The molecular formula is C10H13N3O2. The van der Waals surface area contributed by atoms with Crippen molar-refractivity contribution in [2.24, 2.45) is 0 Å². The number of hydrogen-bond donors (Lipinski definition) is 2. The molecule has 0 spiro atoms. The molecule has 0 unspecified atom stereocenters. The van der Waals surface area contributed by atoms with Gasteiger partial charge in [0.15, 0.2) is 5.82 Å². The highest BCUT2D eigenvalue weighted by molar-refractivity contribution is 6.03. The summed E-state index contributed by atoms with van der Waals surface area (Å²) in [4.78, 5) is 11.7. The van der Waals surface area contributed by atoms with E-state index in [1.54, 1.807) is 13.0 Å². The minimum Gasteiger partial charge on any atom is -0.360 e. The highest BCUT2D eigenvalue weighted by Gasteiger charge is 2.16. The van der Waals surface area contributed by atoms with E-state index in [0.717, 1.165) is 24.2 Å². The molecule has 1 aromatic heterocycles. The zero-order valence-electron chi connectivity index (χ0n) is 8.76. The van der Waals surface area contributed by atoms with E-state index in [1.165, 1.54) is 0 Å². The molecular weight excluding hydrogens is 194 g/mol. The number of aromatic nitrogens is 1. The quantitative estimate of drug-likeness (QED) is 0.705. The zero-order chi connectivity index (χ0) is 10.8. The van der Waals surface area contributed by atoms with Crippen LogP contribution in [-0.2, 0) is 4.79 Å². The van der Waals surface area contributed by atoms with Crippen LogP contribution in [0.4, 0.5) is 5.82 Å². The number of nitrogens with one attached hydrogen (secondary N) is 2. The lowest BCUT2D eigenvalue weighted by Crippen LogP contribution is -2.36. The monoisotopic (exact) mass is 207 g/mol. The van der Waals surface area contributed by atoms with Gasteiger partial charge in [-0.1, -0.05) is 5.16 Å². The third-order valence-electron chi connectivity index (χ3n) is 2.42. The second-order valence-corrected chi connectivity index (χ2v) is 3.61. The molecule has 2 rings (SSSR count). The van der Waals surface area contributed by atoms with E-state index < -0.39 is 0 Å². The van der Waals surface area contributed by atoms with Crippen molar-refractivity contribution in [3.63, 3.8) is 0 Å². The Balaban J connectivity index is 2.03. The summed E-state index contributed by atoms with van der Waals surface area (Å²) in [7, 11) is 0. The van der Waals surface area contributed by atoms with Crippen molar-refractivity contribution in [1.82, 2.24) is 10.5 Å². The Morgan fingerprint density at radius 1 is 1.60 bits per heavy atom. The summed E-state index contributed by atoms with van der Waals surface area (Å²) in [5.41, 5.74) is 1.90. The molecule has 1 saturated heterocycles. The van der Waals surface area contributed by atoms with Gasteiger partial charge in [-0.05, 0) is 19.4 Å². The molecule has 1 fully saturated rings. The SMILES string of the molecule is CC(C(=O)Nc1cc(C)on1)=C1CNC1. The smallest absolute Gasteiger partial charge is 0.252 e. The van der Waals surface area contributed by atoms with Gasteiger partial charge in [-0.3, -0.25) is 4.79 Å². The Morgan fingerprint density at radius 2 is 2.33 bits per heavy atom. The second kappa shape index (κ2) is 3.86. The molecule has 0 bridgehead atoms. The second-order valence-electron chi connectivity index (χ2n) is 3.61. The highest BCUT2D eigenvalue weighted by Crippen LogP contribution is 2.12. The average Bonchev–Trinajstić information content (AvgIpc) is 2.48. The van der Waals surface area contributed by atoms with Crippen molar-refractivity contribution in [3.8, 4) is 0 Å². The molecule has 5 heteroatoms. The normalized spacial score (nSPS) is 14.7. The molecule has 0 atom stereocenters. The molecule has 2 heterocycles.